The summed E-state index contributed by atoms with van der Waals surface area (Å²) < 4.78 is 5.06. The van der Waals surface area contributed by atoms with Crippen molar-refractivity contribution in [2.24, 2.45) is 0 Å². The Kier molecular flexibility index (Phi) is 7.16. The second-order valence-corrected chi connectivity index (χ2v) is 7.72. The Morgan fingerprint density at radius 3 is 2.15 bits per heavy atom. The van der Waals surface area contributed by atoms with Gasteiger partial charge < -0.3 is 19.9 Å². The number of carbonyl (C=O) groups is 1. The van der Waals surface area contributed by atoms with Crippen molar-refractivity contribution < 1.29 is 14.5 Å². The Balaban J connectivity index is 1.63. The van der Waals surface area contributed by atoms with Crippen LogP contribution in [0.3, 0.4) is 0 Å². The number of benzene rings is 2. The number of hydrogen-bond acceptors (Lipinski definition) is 8. The van der Waals surface area contributed by atoms with E-state index in [1.807, 2.05) is 60.7 Å². The van der Waals surface area contributed by atoms with Gasteiger partial charge in [0.1, 0.15) is 6.33 Å². The number of ether oxygens (including phenoxy) is 1. The Bertz CT molecular complexity index is 1080. The summed E-state index contributed by atoms with van der Waals surface area (Å²) in [5.41, 5.74) is 1.71. The fourth-order valence-corrected chi connectivity index (χ4v) is 3.98. The van der Waals surface area contributed by atoms with E-state index < -0.39 is 4.92 Å². The molecule has 2 heterocycles. The van der Waals surface area contributed by atoms with Crippen LogP contribution in [0.5, 0.6) is 0 Å². The van der Waals surface area contributed by atoms with Gasteiger partial charge in [-0.15, -0.1) is 0 Å². The van der Waals surface area contributed by atoms with Gasteiger partial charge in [0.05, 0.1) is 17.6 Å². The number of nitro groups is 1. The molecule has 4 rings (SSSR count). The molecule has 1 aromatic heterocycles. The topological polar surface area (TPSA) is 114 Å². The van der Waals surface area contributed by atoms with Crippen LogP contribution >= 0.6 is 0 Å². The van der Waals surface area contributed by atoms with Crippen molar-refractivity contribution in [3.63, 3.8) is 0 Å². The summed E-state index contributed by atoms with van der Waals surface area (Å²) in [6.45, 7) is 3.63. The summed E-state index contributed by atoms with van der Waals surface area (Å²) in [5.74, 6) is 0.367. The van der Waals surface area contributed by atoms with Crippen molar-refractivity contribution in [3.8, 4) is 0 Å². The fourth-order valence-electron chi connectivity index (χ4n) is 3.98. The van der Waals surface area contributed by atoms with Crippen molar-refractivity contribution >= 4 is 23.4 Å². The molecule has 0 bridgehead atoms. The Hall–Kier alpha value is -4.21. The molecule has 3 aromatic rings. The molecule has 176 valence electrons. The molecule has 10 heteroatoms. The number of nitrogens with one attached hydrogen (secondary N) is 1. The molecule has 1 saturated heterocycles. The molecule has 0 aliphatic carbocycles. The average molecular weight is 463 g/mol. The third-order valence-electron chi connectivity index (χ3n) is 5.64. The van der Waals surface area contributed by atoms with Gasteiger partial charge in [-0.05, 0) is 18.1 Å². The molecule has 34 heavy (non-hydrogen) atoms. The number of amides is 1. The molecular formula is C24H26N6O4. The van der Waals surface area contributed by atoms with E-state index in [2.05, 4.69) is 15.3 Å². The van der Waals surface area contributed by atoms with Gasteiger partial charge in [-0.2, -0.15) is 0 Å². The zero-order valence-electron chi connectivity index (χ0n) is 18.8. The first-order valence-electron chi connectivity index (χ1n) is 11.1. The Labute approximate surface area is 197 Å². The van der Waals surface area contributed by atoms with Crippen LogP contribution in [0.25, 0.3) is 0 Å². The van der Waals surface area contributed by atoms with Crippen LogP contribution in [0.15, 0.2) is 67.0 Å². The monoisotopic (exact) mass is 462 g/mol. The maximum atomic E-state index is 12.2. The number of hydrogen-bond donors (Lipinski definition) is 1. The Morgan fingerprint density at radius 1 is 1.03 bits per heavy atom. The lowest BCUT2D eigenvalue weighted by Crippen LogP contribution is -2.49. The van der Waals surface area contributed by atoms with E-state index in [9.17, 15) is 14.9 Å². The van der Waals surface area contributed by atoms with E-state index in [1.54, 1.807) is 16.7 Å². The van der Waals surface area contributed by atoms with Crippen LogP contribution in [0.1, 0.15) is 24.1 Å². The van der Waals surface area contributed by atoms with E-state index in [0.717, 1.165) is 11.1 Å². The van der Waals surface area contributed by atoms with E-state index in [1.165, 1.54) is 6.33 Å². The number of carbonyl (C=O) groups excluding carboxylic acids is 1. The molecule has 2 aromatic carbocycles. The van der Waals surface area contributed by atoms with Crippen LogP contribution < -0.4 is 10.2 Å². The van der Waals surface area contributed by atoms with Crippen LogP contribution in [0, 0.1) is 10.1 Å². The van der Waals surface area contributed by atoms with Gasteiger partial charge in [0.2, 0.25) is 11.6 Å². The van der Waals surface area contributed by atoms with Gasteiger partial charge in [-0.3, -0.25) is 10.1 Å². The first-order valence-corrected chi connectivity index (χ1v) is 11.1. The lowest BCUT2D eigenvalue weighted by Gasteiger charge is -2.34. The second kappa shape index (κ2) is 10.6. The molecule has 1 amide bonds. The van der Waals surface area contributed by atoms with Gasteiger partial charge in [-0.1, -0.05) is 60.7 Å². The molecular weight excluding hydrogens is 436 g/mol. The predicted octanol–water partition coefficient (Wildman–Crippen LogP) is 3.86. The molecule has 1 N–H and O–H groups in total. The molecule has 0 saturated carbocycles. The molecule has 0 radical (unpaired) electrons. The number of rotatable bonds is 7. The summed E-state index contributed by atoms with van der Waals surface area (Å²) in [6, 6.07) is 19.1. The number of piperazine rings is 1. The van der Waals surface area contributed by atoms with Crippen LogP contribution in [0.4, 0.5) is 22.1 Å². The minimum Gasteiger partial charge on any atom is -0.450 e. The molecule has 1 fully saturated rings. The quantitative estimate of drug-likeness (QED) is 0.416. The lowest BCUT2D eigenvalue weighted by atomic mass is 9.98. The highest BCUT2D eigenvalue weighted by atomic mass is 16.6. The predicted molar refractivity (Wildman–Crippen MR) is 128 cm³/mol. The van der Waals surface area contributed by atoms with Crippen LogP contribution in [-0.4, -0.2) is 58.7 Å². The number of nitrogens with zero attached hydrogens (tertiary/aromatic N) is 5. The second-order valence-electron chi connectivity index (χ2n) is 7.72. The molecule has 0 atom stereocenters. The zero-order chi connectivity index (χ0) is 23.9. The average Bonchev–Trinajstić information content (AvgIpc) is 2.88. The number of aromatic nitrogens is 2. The zero-order valence-corrected chi connectivity index (χ0v) is 18.8. The minimum absolute atomic E-state index is 0.139. The molecule has 0 unspecified atom stereocenters. The summed E-state index contributed by atoms with van der Waals surface area (Å²) in [7, 11) is 0. The molecule has 0 spiro atoms. The minimum atomic E-state index is -0.456. The third-order valence-corrected chi connectivity index (χ3v) is 5.64. The van der Waals surface area contributed by atoms with Crippen LogP contribution in [-0.2, 0) is 4.74 Å². The van der Waals surface area contributed by atoms with Crippen LogP contribution in [0.2, 0.25) is 0 Å². The molecule has 1 aliphatic rings. The largest absolute Gasteiger partial charge is 0.450 e. The SMILES string of the molecule is CCOC(=O)N1CCN(c2ncnc(NC(c3ccccc3)c3ccccc3)c2[N+](=O)[O-])CC1. The molecule has 1 aliphatic heterocycles. The number of anilines is 2. The van der Waals surface area contributed by atoms with Gasteiger partial charge >= 0.3 is 11.8 Å². The summed E-state index contributed by atoms with van der Waals surface area (Å²) in [4.78, 5) is 35.6. The van der Waals surface area contributed by atoms with Crippen molar-refractivity contribution in [1.82, 2.24) is 14.9 Å². The van der Waals surface area contributed by atoms with E-state index in [-0.39, 0.29) is 29.5 Å². The third kappa shape index (κ3) is 5.06. The van der Waals surface area contributed by atoms with Crippen molar-refractivity contribution in [1.29, 1.82) is 0 Å². The lowest BCUT2D eigenvalue weighted by molar-refractivity contribution is -0.383. The standard InChI is InChI=1S/C24H26N6O4/c1-2-34-24(31)29-15-13-28(14-16-29)23-21(30(32)33)22(25-17-26-23)27-20(18-9-5-3-6-10-18)19-11-7-4-8-12-19/h3-12,17,20H,2,13-16H2,1H3,(H,25,26,27). The maximum absolute atomic E-state index is 12.2. The summed E-state index contributed by atoms with van der Waals surface area (Å²) >= 11 is 0. The van der Waals surface area contributed by atoms with Gasteiger partial charge in [0.15, 0.2) is 0 Å². The molecule has 10 nitrogen and oxygen atoms in total. The van der Waals surface area contributed by atoms with Gasteiger partial charge in [0.25, 0.3) is 0 Å². The van der Waals surface area contributed by atoms with Crippen molar-refractivity contribution in [3.05, 3.63) is 88.2 Å². The summed E-state index contributed by atoms with van der Waals surface area (Å²) in [5, 5.41) is 15.5. The maximum Gasteiger partial charge on any atom is 0.409 e. The normalized spacial score (nSPS) is 13.6. The van der Waals surface area contributed by atoms with Gasteiger partial charge in [0, 0.05) is 26.2 Å². The highest BCUT2D eigenvalue weighted by Gasteiger charge is 2.31. The van der Waals surface area contributed by atoms with Crippen molar-refractivity contribution in [2.45, 2.75) is 13.0 Å². The first kappa shape index (κ1) is 23.0. The van der Waals surface area contributed by atoms with E-state index >= 15 is 0 Å². The van der Waals surface area contributed by atoms with Gasteiger partial charge in [-0.25, -0.2) is 14.8 Å². The highest BCUT2D eigenvalue weighted by Crippen LogP contribution is 2.36. The first-order chi connectivity index (χ1) is 16.6. The Morgan fingerprint density at radius 2 is 1.62 bits per heavy atom. The van der Waals surface area contributed by atoms with Crippen molar-refractivity contribution in [2.75, 3.05) is 43.0 Å². The smallest absolute Gasteiger partial charge is 0.409 e. The van der Waals surface area contributed by atoms with E-state index in [0.29, 0.717) is 32.8 Å². The summed E-state index contributed by atoms with van der Waals surface area (Å²) in [6.07, 6.45) is 0.949. The van der Waals surface area contributed by atoms with E-state index in [4.69, 9.17) is 4.74 Å². The highest BCUT2D eigenvalue weighted by molar-refractivity contribution is 5.72. The fraction of sp³-hybridized carbons (Fsp3) is 0.292.